The van der Waals surface area contributed by atoms with Gasteiger partial charge < -0.3 is 57.7 Å². The molecule has 11 rings (SSSR count). The molecule has 4 fully saturated rings. The summed E-state index contributed by atoms with van der Waals surface area (Å²) in [6, 6.07) is 26.3. The number of aryl methyl sites for hydroxylation is 3. The van der Waals surface area contributed by atoms with Crippen LogP contribution in [-0.2, 0) is 55.1 Å². The molecule has 0 radical (unpaired) electrons. The molecule has 88 heavy (non-hydrogen) atoms. The minimum absolute atomic E-state index is 0. The summed E-state index contributed by atoms with van der Waals surface area (Å²) in [7, 11) is 3.93. The summed E-state index contributed by atoms with van der Waals surface area (Å²) < 4.78 is 78.4. The van der Waals surface area contributed by atoms with E-state index in [1.807, 2.05) is 19.1 Å². The Kier molecular flexibility index (Phi) is 26.7. The number of ether oxygens (including phenoxy) is 8. The molecule has 480 valence electrons. The van der Waals surface area contributed by atoms with Crippen LogP contribution in [0.3, 0.4) is 0 Å². The Morgan fingerprint density at radius 1 is 0.591 bits per heavy atom. The number of hydrogen-bond donors (Lipinski definition) is 3. The Balaban J connectivity index is 0.000000183. The fraction of sp³-hybridized carbons (Fsp3) is 0.508. The van der Waals surface area contributed by atoms with Crippen molar-refractivity contribution in [2.24, 2.45) is 23.7 Å². The van der Waals surface area contributed by atoms with E-state index in [0.29, 0.717) is 30.6 Å². The van der Waals surface area contributed by atoms with Crippen LogP contribution in [0.4, 0.5) is 11.4 Å². The Labute approximate surface area is 539 Å². The van der Waals surface area contributed by atoms with Crippen LogP contribution in [0.2, 0.25) is 0 Å². The first-order valence-corrected chi connectivity index (χ1v) is 32.8. The van der Waals surface area contributed by atoms with Gasteiger partial charge >= 0.3 is 7.12 Å². The summed E-state index contributed by atoms with van der Waals surface area (Å²) in [4.78, 5) is 5.22. The van der Waals surface area contributed by atoms with Crippen LogP contribution >= 0.6 is 35.0 Å². The van der Waals surface area contributed by atoms with E-state index >= 15 is 0 Å². The largest absolute Gasteiger partial charge is 0.497 e. The summed E-state index contributed by atoms with van der Waals surface area (Å²) in [5, 5.41) is 28.6. The van der Waals surface area contributed by atoms with Gasteiger partial charge in [-0.3, -0.25) is 4.55 Å². The number of halogens is 2. The normalized spacial score (nSPS) is 15.2. The molecule has 0 spiro atoms. The number of fused-ring (bicyclic) bond motifs is 2. The van der Waals surface area contributed by atoms with E-state index in [9.17, 15) is 18.5 Å². The minimum Gasteiger partial charge on any atom is -0.497 e. The van der Waals surface area contributed by atoms with Gasteiger partial charge in [0.2, 0.25) is 0 Å². The van der Waals surface area contributed by atoms with Crippen LogP contribution in [0.25, 0.3) is 22.3 Å². The number of nitrogens with zero attached hydrogens (tertiary/aromatic N) is 6. The van der Waals surface area contributed by atoms with Crippen LogP contribution in [0, 0.1) is 34.3 Å². The van der Waals surface area contributed by atoms with Crippen molar-refractivity contribution in [2.45, 2.75) is 103 Å². The summed E-state index contributed by atoms with van der Waals surface area (Å²) in [6.07, 6.45) is 12.0. The predicted octanol–water partition coefficient (Wildman–Crippen LogP) is 10.7. The van der Waals surface area contributed by atoms with Gasteiger partial charge in [0, 0.05) is 66.8 Å². The number of pyridine rings is 2. The maximum absolute atomic E-state index is 10.5. The van der Waals surface area contributed by atoms with Gasteiger partial charge in [-0.05, 0) is 189 Å². The highest BCUT2D eigenvalue weighted by atomic mass is 127. The number of methoxy groups -OCH3 is 6. The number of aromatic nitrogens is 4. The molecule has 2 saturated carbocycles. The van der Waals surface area contributed by atoms with Gasteiger partial charge in [-0.25, -0.2) is 9.03 Å². The average molecular weight is 1370 g/mol. The lowest BCUT2D eigenvalue weighted by molar-refractivity contribution is 0.0680. The third-order valence-electron chi connectivity index (χ3n) is 16.3. The molecule has 3 aromatic carbocycles. The van der Waals surface area contributed by atoms with Crippen LogP contribution in [0.1, 0.15) is 93.3 Å². The Bertz CT molecular complexity index is 3390. The molecule has 2 aliphatic heterocycles. The van der Waals surface area contributed by atoms with Crippen molar-refractivity contribution in [2.75, 3.05) is 105 Å². The van der Waals surface area contributed by atoms with Crippen molar-refractivity contribution in [1.29, 1.82) is 0 Å². The van der Waals surface area contributed by atoms with Crippen molar-refractivity contribution in [3.8, 4) is 34.3 Å². The number of benzene rings is 3. The molecule has 0 unspecified atom stereocenters. The molecule has 3 N–H and O–H groups in total. The molecular formula is C65H89BClIN6O13S. The molecular weight excluding hydrogens is 1280 g/mol. The summed E-state index contributed by atoms with van der Waals surface area (Å²) in [5.74, 6) is 5.31. The van der Waals surface area contributed by atoms with E-state index in [-0.39, 0.29) is 22.8 Å². The van der Waals surface area contributed by atoms with Crippen LogP contribution in [0.15, 0.2) is 89.8 Å². The third kappa shape index (κ3) is 18.4. The SMILES string of the molecule is CCc1nn2c(-c3c(OC)cc(COC)cc3OC)cccc2c1N(CC1CCOCC1)CC1CC1.CCc1nn2c(I)cccc2c1N(CC1CCOCC1)CC1CC1.COCc1cc(OC)c(B(O)O)c(OC)c1.Cc1ccc(S(=O)(=O)O)cc1.Cl. The van der Waals surface area contributed by atoms with Crippen LogP contribution in [0.5, 0.6) is 23.0 Å². The second-order valence-corrected chi connectivity index (χ2v) is 25.3. The lowest BCUT2D eigenvalue weighted by atomic mass is 9.78. The van der Waals surface area contributed by atoms with Gasteiger partial charge in [-0.2, -0.15) is 18.6 Å². The van der Waals surface area contributed by atoms with Gasteiger partial charge in [-0.1, -0.05) is 43.7 Å². The zero-order valence-corrected chi connectivity index (χ0v) is 56.2. The highest BCUT2D eigenvalue weighted by Crippen LogP contribution is 2.43. The zero-order valence-electron chi connectivity index (χ0n) is 52.4. The lowest BCUT2D eigenvalue weighted by Crippen LogP contribution is -2.34. The van der Waals surface area contributed by atoms with Gasteiger partial charge in [-0.15, -0.1) is 12.4 Å². The van der Waals surface area contributed by atoms with E-state index in [4.69, 9.17) is 52.6 Å². The maximum atomic E-state index is 10.5. The van der Waals surface area contributed by atoms with E-state index < -0.39 is 17.2 Å². The molecule has 19 nitrogen and oxygen atoms in total. The van der Waals surface area contributed by atoms with E-state index in [0.717, 1.165) is 140 Å². The summed E-state index contributed by atoms with van der Waals surface area (Å²) in [5.41, 5.74) is 12.3. The minimum atomic E-state index is -4.02. The Hall–Kier alpha value is -5.41. The molecule has 0 bridgehead atoms. The Morgan fingerprint density at radius 2 is 0.989 bits per heavy atom. The maximum Gasteiger partial charge on any atom is 0.496 e. The smallest absolute Gasteiger partial charge is 0.496 e. The molecule has 0 atom stereocenters. The first kappa shape index (κ1) is 70.1. The fourth-order valence-corrected chi connectivity index (χ4v) is 12.5. The van der Waals surface area contributed by atoms with Crippen molar-refractivity contribution < 1.29 is 60.9 Å². The summed E-state index contributed by atoms with van der Waals surface area (Å²) in [6.45, 7) is 15.3. The van der Waals surface area contributed by atoms with Gasteiger partial charge in [0.1, 0.15) is 26.7 Å². The topological polar surface area (TPSA) is 210 Å². The number of hydrogen-bond acceptors (Lipinski definition) is 16. The van der Waals surface area contributed by atoms with Crippen LogP contribution < -0.4 is 34.2 Å². The van der Waals surface area contributed by atoms with Crippen molar-refractivity contribution >= 4 is 80.1 Å². The quantitative estimate of drug-likeness (QED) is 0.0235. The fourth-order valence-electron chi connectivity index (χ4n) is 11.4. The molecule has 4 aliphatic rings. The van der Waals surface area contributed by atoms with Gasteiger partial charge in [0.15, 0.2) is 0 Å². The molecule has 0 amide bonds. The third-order valence-corrected chi connectivity index (χ3v) is 18.0. The monoisotopic (exact) mass is 1370 g/mol. The molecule has 2 aliphatic carbocycles. The summed E-state index contributed by atoms with van der Waals surface area (Å²) >= 11 is 2.39. The van der Waals surface area contributed by atoms with Gasteiger partial charge in [0.05, 0.1) is 97.1 Å². The molecule has 7 aromatic rings. The van der Waals surface area contributed by atoms with Crippen molar-refractivity contribution in [1.82, 2.24) is 19.2 Å². The zero-order chi connectivity index (χ0) is 62.2. The van der Waals surface area contributed by atoms with Crippen LogP contribution in [-0.4, -0.2) is 145 Å². The number of rotatable bonds is 23. The lowest BCUT2D eigenvalue weighted by Gasteiger charge is -2.31. The van der Waals surface area contributed by atoms with Crippen molar-refractivity contribution in [3.05, 3.63) is 117 Å². The van der Waals surface area contributed by atoms with Gasteiger partial charge in [0.25, 0.3) is 10.1 Å². The highest BCUT2D eigenvalue weighted by Gasteiger charge is 2.32. The van der Waals surface area contributed by atoms with E-state index in [2.05, 4.69) is 91.7 Å². The van der Waals surface area contributed by atoms with E-state index in [1.165, 1.54) is 97.7 Å². The first-order chi connectivity index (χ1) is 42.1. The molecule has 23 heteroatoms. The molecule has 2 saturated heterocycles. The molecule has 4 aromatic heterocycles. The second-order valence-electron chi connectivity index (χ2n) is 22.8. The first-order valence-electron chi connectivity index (χ1n) is 30.3. The average Bonchev–Trinajstić information content (AvgIpc) is 2.51. The van der Waals surface area contributed by atoms with E-state index in [1.54, 1.807) is 52.7 Å². The highest BCUT2D eigenvalue weighted by molar-refractivity contribution is 14.1. The van der Waals surface area contributed by atoms with Crippen molar-refractivity contribution in [3.63, 3.8) is 0 Å². The standard InChI is InChI=1S/C29H39N3O4.C19H26IN3O.C10H15BO5.C7H8O3S.ClH/c1-5-23-29(31(17-20-9-10-20)18-21-11-13-36-14-12-21)25-8-6-7-24(32(25)30-23)28-26(34-3)15-22(19-33-2)16-27(28)35-4;1-2-16-19(17-4-3-5-18(20)23(17)21-16)22(12-14-6-7-14)13-15-8-10-24-11-9-15;1-14-6-7-4-8(15-2)10(11(12)13)9(5-7)16-3;1-6-2-4-7(5-3-6)11(8,9)10;/h6-8,15-16,20-21H,5,9-14,17-19H2,1-4H3;3-5,14-15H,2,6-13H2,1H3;4-5,12-13H,6H2,1-3H3;2-5H,1H3,(H,8,9,10);1H. The number of anilines is 2. The Morgan fingerprint density at radius 3 is 1.38 bits per heavy atom. The molecule has 6 heterocycles. The predicted molar refractivity (Wildman–Crippen MR) is 356 cm³/mol. The second kappa shape index (κ2) is 33.6.